The van der Waals surface area contributed by atoms with E-state index in [0.29, 0.717) is 5.69 Å². The van der Waals surface area contributed by atoms with E-state index in [-0.39, 0.29) is 17.8 Å². The molecule has 2 rings (SSSR count). The van der Waals surface area contributed by atoms with E-state index in [9.17, 15) is 5.11 Å². The van der Waals surface area contributed by atoms with Gasteiger partial charge in [-0.05, 0) is 33.8 Å². The van der Waals surface area contributed by atoms with Crippen molar-refractivity contribution in [1.82, 2.24) is 4.98 Å². The molecule has 2 heterocycles. The van der Waals surface area contributed by atoms with E-state index in [4.69, 9.17) is 9.31 Å². The van der Waals surface area contributed by atoms with E-state index in [1.54, 1.807) is 6.20 Å². The Morgan fingerprint density at radius 2 is 1.82 bits per heavy atom. The summed E-state index contributed by atoms with van der Waals surface area (Å²) < 4.78 is 11.8. The van der Waals surface area contributed by atoms with E-state index >= 15 is 0 Å². The number of hydrogen-bond donors (Lipinski definition) is 1. The zero-order valence-corrected chi connectivity index (χ0v) is 10.7. The molecular weight excluding hydrogens is 217 g/mol. The average Bonchev–Trinajstić information content (AvgIpc) is 2.48. The van der Waals surface area contributed by atoms with Gasteiger partial charge in [-0.3, -0.25) is 4.98 Å². The molecule has 1 aliphatic rings. The van der Waals surface area contributed by atoms with Crippen LogP contribution in [0.15, 0.2) is 18.3 Å². The van der Waals surface area contributed by atoms with Gasteiger partial charge in [0.25, 0.3) is 0 Å². The number of rotatable bonds is 2. The average molecular weight is 235 g/mol. The first-order chi connectivity index (χ1) is 7.87. The molecule has 17 heavy (non-hydrogen) atoms. The SMILES string of the molecule is CC1(C)OB(c2cccnc2CO)OC1(C)C. The lowest BCUT2D eigenvalue weighted by Gasteiger charge is -2.32. The molecular formula is C12H18BNO3. The number of pyridine rings is 1. The first kappa shape index (κ1) is 12.5. The Hall–Kier alpha value is -0.905. The summed E-state index contributed by atoms with van der Waals surface area (Å²) >= 11 is 0. The summed E-state index contributed by atoms with van der Waals surface area (Å²) in [5, 5.41) is 9.27. The topological polar surface area (TPSA) is 51.6 Å². The highest BCUT2D eigenvalue weighted by atomic mass is 16.7. The quantitative estimate of drug-likeness (QED) is 0.773. The van der Waals surface area contributed by atoms with Crippen LogP contribution in [0.1, 0.15) is 33.4 Å². The molecule has 0 spiro atoms. The summed E-state index contributed by atoms with van der Waals surface area (Å²) in [6, 6.07) is 3.69. The van der Waals surface area contributed by atoms with Gasteiger partial charge >= 0.3 is 7.12 Å². The summed E-state index contributed by atoms with van der Waals surface area (Å²) in [6.07, 6.45) is 1.65. The molecule has 1 saturated heterocycles. The van der Waals surface area contributed by atoms with Crippen molar-refractivity contribution in [2.24, 2.45) is 0 Å². The Morgan fingerprint density at radius 1 is 1.24 bits per heavy atom. The Morgan fingerprint density at radius 3 is 2.35 bits per heavy atom. The number of hydrogen-bond acceptors (Lipinski definition) is 4. The van der Waals surface area contributed by atoms with Gasteiger partial charge < -0.3 is 14.4 Å². The smallest absolute Gasteiger partial charge is 0.399 e. The molecule has 1 aromatic heterocycles. The first-order valence-electron chi connectivity index (χ1n) is 5.78. The molecule has 1 aromatic rings. The second-order valence-electron chi connectivity index (χ2n) is 5.29. The number of nitrogens with zero attached hydrogens (tertiary/aromatic N) is 1. The third kappa shape index (κ3) is 2.10. The molecule has 1 aliphatic heterocycles. The Bertz CT molecular complexity index is 404. The predicted molar refractivity (Wildman–Crippen MR) is 65.9 cm³/mol. The van der Waals surface area contributed by atoms with Crippen LogP contribution in [0.5, 0.6) is 0 Å². The molecule has 0 aliphatic carbocycles. The molecule has 4 nitrogen and oxygen atoms in total. The second kappa shape index (κ2) is 4.08. The third-order valence-corrected chi connectivity index (χ3v) is 3.58. The maximum Gasteiger partial charge on any atom is 0.496 e. The fraction of sp³-hybridized carbons (Fsp3) is 0.583. The summed E-state index contributed by atoms with van der Waals surface area (Å²) in [5.74, 6) is 0. The first-order valence-corrected chi connectivity index (χ1v) is 5.78. The zero-order chi connectivity index (χ0) is 12.7. The minimum absolute atomic E-state index is 0.111. The van der Waals surface area contributed by atoms with Crippen LogP contribution < -0.4 is 5.46 Å². The van der Waals surface area contributed by atoms with Crippen LogP contribution in [0.4, 0.5) is 0 Å². The minimum atomic E-state index is -0.462. The van der Waals surface area contributed by atoms with Gasteiger partial charge in [-0.25, -0.2) is 0 Å². The fourth-order valence-electron chi connectivity index (χ4n) is 1.77. The van der Waals surface area contributed by atoms with E-state index < -0.39 is 7.12 Å². The van der Waals surface area contributed by atoms with Crippen LogP contribution in [0.2, 0.25) is 0 Å². The lowest BCUT2D eigenvalue weighted by Crippen LogP contribution is -2.41. The normalized spacial score (nSPS) is 21.8. The van der Waals surface area contributed by atoms with E-state index in [1.807, 2.05) is 39.8 Å². The second-order valence-corrected chi connectivity index (χ2v) is 5.29. The van der Waals surface area contributed by atoms with Crippen LogP contribution in [0, 0.1) is 0 Å². The van der Waals surface area contributed by atoms with Crippen molar-refractivity contribution in [1.29, 1.82) is 0 Å². The molecule has 1 N–H and O–H groups in total. The van der Waals surface area contributed by atoms with Gasteiger partial charge in [0.1, 0.15) is 0 Å². The fourth-order valence-corrected chi connectivity index (χ4v) is 1.77. The van der Waals surface area contributed by atoms with Crippen molar-refractivity contribution in [3.63, 3.8) is 0 Å². The van der Waals surface area contributed by atoms with E-state index in [2.05, 4.69) is 4.98 Å². The maximum absolute atomic E-state index is 9.27. The standard InChI is InChI=1S/C12H18BNO3/c1-11(2)12(3,4)17-13(16-11)9-6-5-7-14-10(9)8-15/h5-7,15H,8H2,1-4H3. The molecule has 0 radical (unpaired) electrons. The van der Waals surface area contributed by atoms with Gasteiger partial charge in [-0.2, -0.15) is 0 Å². The molecule has 0 bridgehead atoms. The lowest BCUT2D eigenvalue weighted by molar-refractivity contribution is 0.00578. The Labute approximate surface area is 102 Å². The monoisotopic (exact) mass is 235 g/mol. The van der Waals surface area contributed by atoms with Gasteiger partial charge in [0, 0.05) is 11.7 Å². The Kier molecular flexibility index (Phi) is 3.02. The summed E-state index contributed by atoms with van der Waals surface area (Å²) in [5.41, 5.74) is 0.653. The molecule has 92 valence electrons. The molecule has 0 aromatic carbocycles. The summed E-state index contributed by atoms with van der Waals surface area (Å²) in [4.78, 5) is 4.13. The van der Waals surface area contributed by atoms with Gasteiger partial charge in [0.15, 0.2) is 0 Å². The number of aliphatic hydroxyl groups excluding tert-OH is 1. The highest BCUT2D eigenvalue weighted by Crippen LogP contribution is 2.36. The van der Waals surface area contributed by atoms with Crippen molar-refractivity contribution in [2.45, 2.75) is 45.5 Å². The maximum atomic E-state index is 9.27. The van der Waals surface area contributed by atoms with Crippen LogP contribution in [-0.2, 0) is 15.9 Å². The highest BCUT2D eigenvalue weighted by molar-refractivity contribution is 6.62. The van der Waals surface area contributed by atoms with Crippen molar-refractivity contribution in [3.05, 3.63) is 24.0 Å². The van der Waals surface area contributed by atoms with Gasteiger partial charge in [0.2, 0.25) is 0 Å². The molecule has 1 fully saturated rings. The molecule has 0 atom stereocenters. The van der Waals surface area contributed by atoms with Crippen molar-refractivity contribution in [2.75, 3.05) is 0 Å². The minimum Gasteiger partial charge on any atom is -0.399 e. The summed E-state index contributed by atoms with van der Waals surface area (Å²) in [6.45, 7) is 7.90. The van der Waals surface area contributed by atoms with E-state index in [1.165, 1.54) is 0 Å². The van der Waals surface area contributed by atoms with Crippen LogP contribution in [0.3, 0.4) is 0 Å². The molecule has 0 amide bonds. The summed E-state index contributed by atoms with van der Waals surface area (Å²) in [7, 11) is -0.462. The molecule has 0 saturated carbocycles. The predicted octanol–water partition coefficient (Wildman–Crippen LogP) is 0.873. The largest absolute Gasteiger partial charge is 0.496 e. The molecule has 5 heteroatoms. The lowest BCUT2D eigenvalue weighted by atomic mass is 9.78. The highest BCUT2D eigenvalue weighted by Gasteiger charge is 2.52. The van der Waals surface area contributed by atoms with Crippen molar-refractivity contribution in [3.8, 4) is 0 Å². The van der Waals surface area contributed by atoms with Gasteiger partial charge in [0.05, 0.1) is 23.5 Å². The van der Waals surface area contributed by atoms with E-state index in [0.717, 1.165) is 5.46 Å². The van der Waals surface area contributed by atoms with Gasteiger partial charge in [-0.1, -0.05) is 6.07 Å². The van der Waals surface area contributed by atoms with Crippen molar-refractivity contribution >= 4 is 12.6 Å². The third-order valence-electron chi connectivity index (χ3n) is 3.58. The van der Waals surface area contributed by atoms with Crippen LogP contribution >= 0.6 is 0 Å². The Balaban J connectivity index is 2.32. The number of aliphatic hydroxyl groups is 1. The molecule has 0 unspecified atom stereocenters. The van der Waals surface area contributed by atoms with Crippen LogP contribution in [0.25, 0.3) is 0 Å². The van der Waals surface area contributed by atoms with Gasteiger partial charge in [-0.15, -0.1) is 0 Å². The van der Waals surface area contributed by atoms with Crippen molar-refractivity contribution < 1.29 is 14.4 Å². The zero-order valence-electron chi connectivity index (χ0n) is 10.7. The number of aromatic nitrogens is 1. The van der Waals surface area contributed by atoms with Crippen LogP contribution in [-0.4, -0.2) is 28.4 Å².